The highest BCUT2D eigenvalue weighted by atomic mass is 16.6. The first-order valence-corrected chi connectivity index (χ1v) is 9.09. The molecule has 1 aliphatic rings. The van der Waals surface area contributed by atoms with Crippen LogP contribution in [0.2, 0.25) is 0 Å². The molecule has 2 aromatic rings. The van der Waals surface area contributed by atoms with Crippen molar-refractivity contribution in [2.45, 2.75) is 19.9 Å². The highest BCUT2D eigenvalue weighted by Gasteiger charge is 2.18. The molecule has 0 radical (unpaired) electrons. The average Bonchev–Trinajstić information content (AvgIpc) is 2.71. The van der Waals surface area contributed by atoms with Crippen LogP contribution in [0.5, 0.6) is 17.2 Å². The van der Waals surface area contributed by atoms with Gasteiger partial charge in [0.2, 0.25) is 11.7 Å². The van der Waals surface area contributed by atoms with E-state index in [-0.39, 0.29) is 5.91 Å². The minimum atomic E-state index is -0.0663. The third-order valence-electron chi connectivity index (χ3n) is 4.50. The Morgan fingerprint density at radius 3 is 2.56 bits per heavy atom. The highest BCUT2D eigenvalue weighted by molar-refractivity contribution is 5.91. The summed E-state index contributed by atoms with van der Waals surface area (Å²) in [5.41, 5.74) is 3.22. The molecule has 0 saturated heterocycles. The summed E-state index contributed by atoms with van der Waals surface area (Å²) in [6.45, 7) is 3.70. The fourth-order valence-corrected chi connectivity index (χ4v) is 2.92. The molecule has 142 valence electrons. The second kappa shape index (κ2) is 8.62. The van der Waals surface area contributed by atoms with Gasteiger partial charge in [0.15, 0.2) is 11.5 Å². The first-order valence-electron chi connectivity index (χ1n) is 9.09. The van der Waals surface area contributed by atoms with E-state index in [1.54, 1.807) is 31.2 Å². The molecule has 0 unspecified atom stereocenters. The summed E-state index contributed by atoms with van der Waals surface area (Å²) in [5, 5.41) is 0. The van der Waals surface area contributed by atoms with Gasteiger partial charge in [0.1, 0.15) is 13.2 Å². The lowest BCUT2D eigenvalue weighted by Gasteiger charge is -2.21. The van der Waals surface area contributed by atoms with Crippen molar-refractivity contribution in [3.05, 3.63) is 59.2 Å². The summed E-state index contributed by atoms with van der Waals surface area (Å²) >= 11 is 0. The maximum atomic E-state index is 12.4. The van der Waals surface area contributed by atoms with Gasteiger partial charge in [-0.15, -0.1) is 0 Å². The number of amides is 1. The van der Waals surface area contributed by atoms with Crippen molar-refractivity contribution >= 4 is 12.0 Å². The van der Waals surface area contributed by atoms with Crippen LogP contribution in [-0.4, -0.2) is 38.2 Å². The van der Waals surface area contributed by atoms with Gasteiger partial charge >= 0.3 is 0 Å². The van der Waals surface area contributed by atoms with Crippen molar-refractivity contribution in [1.82, 2.24) is 4.90 Å². The number of hydrogen-bond donors (Lipinski definition) is 0. The summed E-state index contributed by atoms with van der Waals surface area (Å²) in [7, 11) is 3.38. The average molecular weight is 367 g/mol. The molecule has 0 bridgehead atoms. The number of methoxy groups -OCH3 is 1. The Labute approximate surface area is 160 Å². The molecule has 0 spiro atoms. The van der Waals surface area contributed by atoms with Crippen molar-refractivity contribution in [2.24, 2.45) is 0 Å². The molecule has 27 heavy (non-hydrogen) atoms. The van der Waals surface area contributed by atoms with Crippen LogP contribution in [0, 0.1) is 0 Å². The second-order valence-corrected chi connectivity index (χ2v) is 6.45. The molecule has 3 rings (SSSR count). The Balaban J connectivity index is 1.68. The molecule has 1 amide bonds. The van der Waals surface area contributed by atoms with Crippen molar-refractivity contribution in [3.8, 4) is 17.2 Å². The van der Waals surface area contributed by atoms with E-state index >= 15 is 0 Å². The molecular weight excluding hydrogens is 342 g/mol. The number of likely N-dealkylation sites (N-methyl/N-ethyl adjacent to an activating group) is 1. The largest absolute Gasteiger partial charge is 0.493 e. The zero-order valence-corrected chi connectivity index (χ0v) is 16.0. The molecule has 0 N–H and O–H groups in total. The van der Waals surface area contributed by atoms with E-state index in [9.17, 15) is 4.79 Å². The van der Waals surface area contributed by atoms with Gasteiger partial charge in [0.25, 0.3) is 0 Å². The standard InChI is InChI=1S/C22H25NO4/c1-4-16-5-7-17(8-6-16)15-23(2)21(24)10-9-18-13-19(25-3)22-20(14-18)26-11-12-27-22/h5-10,13-14H,4,11-12,15H2,1-3H3/b10-9+. The highest BCUT2D eigenvalue weighted by Crippen LogP contribution is 2.40. The van der Waals surface area contributed by atoms with Gasteiger partial charge < -0.3 is 19.1 Å². The number of hydrogen-bond acceptors (Lipinski definition) is 4. The Hall–Kier alpha value is -2.95. The topological polar surface area (TPSA) is 48.0 Å². The molecule has 0 fully saturated rings. The van der Waals surface area contributed by atoms with Crippen LogP contribution in [0.25, 0.3) is 6.08 Å². The Bertz CT molecular complexity index is 810. The van der Waals surface area contributed by atoms with Crippen LogP contribution in [0.3, 0.4) is 0 Å². The summed E-state index contributed by atoms with van der Waals surface area (Å²) in [5.74, 6) is 1.78. The third-order valence-corrected chi connectivity index (χ3v) is 4.50. The SMILES string of the molecule is CCc1ccc(CN(C)C(=O)/C=C/c2cc(OC)c3c(c2)OCCO3)cc1. The van der Waals surface area contributed by atoms with Crippen LogP contribution in [0.15, 0.2) is 42.5 Å². The van der Waals surface area contributed by atoms with Crippen molar-refractivity contribution < 1.29 is 19.0 Å². The van der Waals surface area contributed by atoms with Crippen LogP contribution in [0.1, 0.15) is 23.6 Å². The van der Waals surface area contributed by atoms with Gasteiger partial charge in [0.05, 0.1) is 7.11 Å². The van der Waals surface area contributed by atoms with Crippen LogP contribution < -0.4 is 14.2 Å². The van der Waals surface area contributed by atoms with Crippen LogP contribution in [0.4, 0.5) is 0 Å². The molecule has 0 aromatic heterocycles. The molecule has 0 aliphatic carbocycles. The Morgan fingerprint density at radius 1 is 1.15 bits per heavy atom. The van der Waals surface area contributed by atoms with Crippen LogP contribution >= 0.6 is 0 Å². The normalized spacial score (nSPS) is 12.9. The van der Waals surface area contributed by atoms with Crippen LogP contribution in [-0.2, 0) is 17.8 Å². The molecule has 1 heterocycles. The molecule has 5 heteroatoms. The number of rotatable bonds is 6. The molecule has 1 aliphatic heterocycles. The van der Waals surface area contributed by atoms with Gasteiger partial charge in [-0.2, -0.15) is 0 Å². The predicted molar refractivity (Wildman–Crippen MR) is 105 cm³/mol. The van der Waals surface area contributed by atoms with E-state index < -0.39 is 0 Å². The summed E-state index contributed by atoms with van der Waals surface area (Å²) in [6, 6.07) is 12.0. The van der Waals surface area contributed by atoms with Crippen molar-refractivity contribution in [3.63, 3.8) is 0 Å². The number of aryl methyl sites for hydroxylation is 1. The quantitative estimate of drug-likeness (QED) is 0.731. The fourth-order valence-electron chi connectivity index (χ4n) is 2.92. The third kappa shape index (κ3) is 4.61. The minimum Gasteiger partial charge on any atom is -0.493 e. The van der Waals surface area contributed by atoms with Crippen molar-refractivity contribution in [1.29, 1.82) is 0 Å². The van der Waals surface area contributed by atoms with E-state index in [0.29, 0.717) is 37.0 Å². The molecule has 5 nitrogen and oxygen atoms in total. The van der Waals surface area contributed by atoms with E-state index in [1.807, 2.05) is 12.1 Å². The van der Waals surface area contributed by atoms with Gasteiger partial charge in [0, 0.05) is 19.7 Å². The lowest BCUT2D eigenvalue weighted by atomic mass is 10.1. The van der Waals surface area contributed by atoms with Crippen molar-refractivity contribution in [2.75, 3.05) is 27.4 Å². The monoisotopic (exact) mass is 367 g/mol. The summed E-state index contributed by atoms with van der Waals surface area (Å²) < 4.78 is 16.6. The minimum absolute atomic E-state index is 0.0663. The van der Waals surface area contributed by atoms with Gasteiger partial charge in [-0.25, -0.2) is 0 Å². The van der Waals surface area contributed by atoms with Gasteiger partial charge in [-0.1, -0.05) is 31.2 Å². The second-order valence-electron chi connectivity index (χ2n) is 6.45. The van der Waals surface area contributed by atoms with E-state index in [2.05, 4.69) is 31.2 Å². The van der Waals surface area contributed by atoms with E-state index in [0.717, 1.165) is 17.5 Å². The number of carbonyl (C=O) groups is 1. The molecule has 2 aromatic carbocycles. The predicted octanol–water partition coefficient (Wildman–Crippen LogP) is 3.70. The Kier molecular flexibility index (Phi) is 6.01. The first kappa shape index (κ1) is 18.8. The number of carbonyl (C=O) groups excluding carboxylic acids is 1. The number of fused-ring (bicyclic) bond motifs is 1. The number of benzene rings is 2. The van der Waals surface area contributed by atoms with E-state index in [4.69, 9.17) is 14.2 Å². The first-order chi connectivity index (χ1) is 13.1. The maximum absolute atomic E-state index is 12.4. The smallest absolute Gasteiger partial charge is 0.246 e. The molecule has 0 saturated carbocycles. The fraction of sp³-hybridized carbons (Fsp3) is 0.318. The zero-order chi connectivity index (χ0) is 19.2. The lowest BCUT2D eigenvalue weighted by Crippen LogP contribution is -2.24. The number of ether oxygens (including phenoxy) is 3. The Morgan fingerprint density at radius 2 is 1.85 bits per heavy atom. The van der Waals surface area contributed by atoms with Gasteiger partial charge in [-0.3, -0.25) is 4.79 Å². The van der Waals surface area contributed by atoms with E-state index in [1.165, 1.54) is 5.56 Å². The van der Waals surface area contributed by atoms with Gasteiger partial charge in [-0.05, 0) is 41.3 Å². The summed E-state index contributed by atoms with van der Waals surface area (Å²) in [4.78, 5) is 14.1. The maximum Gasteiger partial charge on any atom is 0.246 e. The molecule has 0 atom stereocenters. The molecular formula is C22H25NO4. The number of nitrogens with zero attached hydrogens (tertiary/aromatic N) is 1. The summed E-state index contributed by atoms with van der Waals surface area (Å²) in [6.07, 6.45) is 4.34. The zero-order valence-electron chi connectivity index (χ0n) is 16.0. The lowest BCUT2D eigenvalue weighted by molar-refractivity contribution is -0.125.